The number of pyridine rings is 1. The molecule has 0 bridgehead atoms. The molecule has 4 nitrogen and oxygen atoms in total. The second-order valence-corrected chi connectivity index (χ2v) is 6.18. The number of hydrogen-bond donors (Lipinski definition) is 1. The molecule has 0 spiro atoms. The summed E-state index contributed by atoms with van der Waals surface area (Å²) in [6, 6.07) is 1.42. The van der Waals surface area contributed by atoms with Crippen molar-refractivity contribution < 1.29 is 9.90 Å². The molecule has 98 valence electrons. The molecule has 0 aliphatic heterocycles. The fraction of sp³-hybridized carbons (Fsp3) is 0.538. The molecule has 5 heteroatoms. The Kier molecular flexibility index (Phi) is 3.27. The van der Waals surface area contributed by atoms with Crippen LogP contribution in [0.5, 0.6) is 0 Å². The van der Waals surface area contributed by atoms with Crippen molar-refractivity contribution in [2.45, 2.75) is 38.0 Å². The molecule has 1 N–H and O–H groups in total. The van der Waals surface area contributed by atoms with Crippen LogP contribution in [0.15, 0.2) is 10.9 Å². The van der Waals surface area contributed by atoms with E-state index in [-0.39, 0.29) is 15.9 Å². The maximum atomic E-state index is 12.0. The van der Waals surface area contributed by atoms with E-state index in [2.05, 4.69) is 0 Å². The highest BCUT2D eigenvalue weighted by Gasteiger charge is 2.42. The van der Waals surface area contributed by atoms with E-state index in [0.717, 1.165) is 12.8 Å². The highest BCUT2D eigenvalue weighted by atomic mass is 32.2. The number of hydrogen-bond acceptors (Lipinski definition) is 3. The lowest BCUT2D eigenvalue weighted by Crippen LogP contribution is -2.30. The first-order valence-corrected chi connectivity index (χ1v) is 7.12. The summed E-state index contributed by atoms with van der Waals surface area (Å²) in [5.41, 5.74) is 1.25. The molecule has 0 saturated heterocycles. The van der Waals surface area contributed by atoms with E-state index in [1.165, 1.54) is 6.07 Å². The lowest BCUT2D eigenvalue weighted by molar-refractivity contribution is 0.0694. The van der Waals surface area contributed by atoms with Crippen LogP contribution >= 0.6 is 11.8 Å². The Labute approximate surface area is 110 Å². The minimum atomic E-state index is -0.965. The van der Waals surface area contributed by atoms with Gasteiger partial charge in [0.05, 0.1) is 5.56 Å². The van der Waals surface area contributed by atoms with Gasteiger partial charge in [-0.1, -0.05) is 0 Å². The summed E-state index contributed by atoms with van der Waals surface area (Å²) < 4.78 is 1.75. The predicted molar refractivity (Wildman–Crippen MR) is 72.6 cm³/mol. The Morgan fingerprint density at radius 2 is 2.11 bits per heavy atom. The lowest BCUT2D eigenvalue weighted by atomic mass is 10.1. The van der Waals surface area contributed by atoms with Gasteiger partial charge in [-0.25, -0.2) is 4.79 Å². The average Bonchev–Trinajstić information content (AvgIpc) is 3.04. The zero-order valence-electron chi connectivity index (χ0n) is 10.8. The summed E-state index contributed by atoms with van der Waals surface area (Å²) in [6.07, 6.45) is 4.23. The van der Waals surface area contributed by atoms with Gasteiger partial charge in [0.1, 0.15) is 0 Å². The van der Waals surface area contributed by atoms with Crippen molar-refractivity contribution >= 4 is 17.7 Å². The standard InChI is InChI=1S/C13H17NO3S/c1-8-6-10(15)14(7-13(18-3)4-5-13)9(2)11(8)12(16)17/h6H,4-5,7H2,1-3H3,(H,16,17). The zero-order valence-corrected chi connectivity index (χ0v) is 11.6. The molecule has 1 aromatic heterocycles. The molecule has 1 heterocycles. The maximum Gasteiger partial charge on any atom is 0.337 e. The van der Waals surface area contributed by atoms with Crippen molar-refractivity contribution in [2.24, 2.45) is 0 Å². The summed E-state index contributed by atoms with van der Waals surface area (Å²) in [5, 5.41) is 9.21. The highest BCUT2D eigenvalue weighted by molar-refractivity contribution is 8.00. The normalized spacial score (nSPS) is 16.6. The fourth-order valence-corrected chi connectivity index (χ4v) is 3.06. The third kappa shape index (κ3) is 2.19. The van der Waals surface area contributed by atoms with Gasteiger partial charge in [-0.15, -0.1) is 0 Å². The predicted octanol–water partition coefficient (Wildman–Crippen LogP) is 2.06. The first kappa shape index (κ1) is 13.2. The Bertz CT molecular complexity index is 558. The van der Waals surface area contributed by atoms with E-state index >= 15 is 0 Å². The van der Waals surface area contributed by atoms with Crippen LogP contribution in [0.1, 0.15) is 34.5 Å². The quantitative estimate of drug-likeness (QED) is 0.907. The molecule has 0 aromatic carbocycles. The number of rotatable bonds is 4. The first-order chi connectivity index (χ1) is 8.40. The summed E-state index contributed by atoms with van der Waals surface area (Å²) in [5.74, 6) is -0.965. The van der Waals surface area contributed by atoms with E-state index in [4.69, 9.17) is 0 Å². The van der Waals surface area contributed by atoms with E-state index < -0.39 is 5.97 Å². The smallest absolute Gasteiger partial charge is 0.337 e. The van der Waals surface area contributed by atoms with E-state index in [1.54, 1.807) is 30.2 Å². The molecule has 1 saturated carbocycles. The molecular formula is C13H17NO3S. The molecule has 1 aliphatic carbocycles. The van der Waals surface area contributed by atoms with Gasteiger partial charge in [0.2, 0.25) is 0 Å². The fourth-order valence-electron chi connectivity index (χ4n) is 2.30. The third-order valence-electron chi connectivity index (χ3n) is 3.67. The SMILES string of the molecule is CSC1(Cn2c(C)c(C(=O)O)c(C)cc2=O)CC1. The number of thioether (sulfide) groups is 1. The molecule has 1 aromatic rings. The number of nitrogens with zero attached hydrogens (tertiary/aromatic N) is 1. The van der Waals surface area contributed by atoms with Crippen LogP contribution in [0.4, 0.5) is 0 Å². The van der Waals surface area contributed by atoms with E-state index in [1.807, 2.05) is 6.26 Å². The first-order valence-electron chi connectivity index (χ1n) is 5.90. The lowest BCUT2D eigenvalue weighted by Gasteiger charge is -2.18. The van der Waals surface area contributed by atoms with Crippen molar-refractivity contribution in [3.63, 3.8) is 0 Å². The largest absolute Gasteiger partial charge is 0.478 e. The number of aromatic nitrogens is 1. The second-order valence-electron chi connectivity index (χ2n) is 4.90. The molecule has 0 unspecified atom stereocenters. The van der Waals surface area contributed by atoms with Gasteiger partial charge in [-0.2, -0.15) is 11.8 Å². The van der Waals surface area contributed by atoms with Crippen LogP contribution < -0.4 is 5.56 Å². The number of carboxylic acid groups (broad SMARTS) is 1. The van der Waals surface area contributed by atoms with Crippen LogP contribution in [0.25, 0.3) is 0 Å². The number of aryl methyl sites for hydroxylation is 1. The van der Waals surface area contributed by atoms with E-state index in [0.29, 0.717) is 17.8 Å². The molecule has 18 heavy (non-hydrogen) atoms. The minimum absolute atomic E-state index is 0.102. The molecule has 0 radical (unpaired) electrons. The van der Waals surface area contributed by atoms with Gasteiger partial charge < -0.3 is 9.67 Å². The van der Waals surface area contributed by atoms with Gasteiger partial charge in [-0.05, 0) is 38.5 Å². The molecule has 1 aliphatic rings. The number of aromatic carboxylic acids is 1. The average molecular weight is 267 g/mol. The molecular weight excluding hydrogens is 250 g/mol. The summed E-state index contributed by atoms with van der Waals surface area (Å²) in [7, 11) is 0. The van der Waals surface area contributed by atoms with Crippen LogP contribution in [0, 0.1) is 13.8 Å². The van der Waals surface area contributed by atoms with Crippen LogP contribution in [0.3, 0.4) is 0 Å². The van der Waals surface area contributed by atoms with Gasteiger partial charge >= 0.3 is 5.97 Å². The van der Waals surface area contributed by atoms with Gasteiger partial charge in [0.15, 0.2) is 0 Å². The third-order valence-corrected chi connectivity index (χ3v) is 5.07. The Balaban J connectivity index is 2.50. The van der Waals surface area contributed by atoms with Crippen molar-refractivity contribution in [1.29, 1.82) is 0 Å². The Hall–Kier alpha value is -1.23. The van der Waals surface area contributed by atoms with Gasteiger partial charge in [0, 0.05) is 23.1 Å². The van der Waals surface area contributed by atoms with E-state index in [9.17, 15) is 14.7 Å². The van der Waals surface area contributed by atoms with Gasteiger partial charge in [0.25, 0.3) is 5.56 Å². The number of carboxylic acids is 1. The van der Waals surface area contributed by atoms with Crippen LogP contribution in [0.2, 0.25) is 0 Å². The molecule has 0 atom stereocenters. The van der Waals surface area contributed by atoms with Crippen LogP contribution in [-0.2, 0) is 6.54 Å². The Morgan fingerprint density at radius 3 is 2.56 bits per heavy atom. The van der Waals surface area contributed by atoms with Gasteiger partial charge in [-0.3, -0.25) is 4.79 Å². The second kappa shape index (κ2) is 4.46. The highest BCUT2D eigenvalue weighted by Crippen LogP contribution is 2.48. The number of carbonyl (C=O) groups is 1. The van der Waals surface area contributed by atoms with Crippen molar-refractivity contribution in [2.75, 3.05) is 6.26 Å². The topological polar surface area (TPSA) is 59.3 Å². The van der Waals surface area contributed by atoms with Crippen LogP contribution in [-0.4, -0.2) is 26.6 Å². The van der Waals surface area contributed by atoms with Crippen molar-refractivity contribution in [1.82, 2.24) is 4.57 Å². The Morgan fingerprint density at radius 1 is 1.50 bits per heavy atom. The summed E-state index contributed by atoms with van der Waals surface area (Å²) >= 11 is 1.76. The summed E-state index contributed by atoms with van der Waals surface area (Å²) in [6.45, 7) is 4.00. The van der Waals surface area contributed by atoms with Crippen molar-refractivity contribution in [3.8, 4) is 0 Å². The maximum absolute atomic E-state index is 12.0. The summed E-state index contributed by atoms with van der Waals surface area (Å²) in [4.78, 5) is 23.3. The monoisotopic (exact) mass is 267 g/mol. The molecule has 2 rings (SSSR count). The minimum Gasteiger partial charge on any atom is -0.478 e. The zero-order chi connectivity index (χ0) is 13.5. The van der Waals surface area contributed by atoms with Crippen molar-refractivity contribution in [3.05, 3.63) is 33.2 Å². The molecule has 1 fully saturated rings. The molecule has 0 amide bonds.